The van der Waals surface area contributed by atoms with Gasteiger partial charge in [0.25, 0.3) is 0 Å². The van der Waals surface area contributed by atoms with Gasteiger partial charge in [0.1, 0.15) is 0 Å². The minimum Gasteiger partial charge on any atom is -0.370 e. The average Bonchev–Trinajstić information content (AvgIpc) is 2.36. The molecule has 1 aliphatic heterocycles. The summed E-state index contributed by atoms with van der Waals surface area (Å²) in [7, 11) is 0. The Hall–Kier alpha value is -0.0400. The molecule has 1 heterocycles. The SMILES string of the molecule is C1CC[C@H]2O[C@@H]2CC1. The number of ether oxygens (including phenoxy) is 1. The topological polar surface area (TPSA) is 12.5 Å². The molecule has 0 spiro atoms. The zero-order valence-electron chi connectivity index (χ0n) is 5.10. The molecule has 0 radical (unpaired) electrons. The van der Waals surface area contributed by atoms with Crippen molar-refractivity contribution in [2.45, 2.75) is 44.3 Å². The Morgan fingerprint density at radius 1 is 0.875 bits per heavy atom. The number of fused-ring (bicyclic) bond motifs is 1. The number of rotatable bonds is 0. The molecule has 1 saturated carbocycles. The molecule has 46 valence electrons. The lowest BCUT2D eigenvalue weighted by molar-refractivity contribution is 0.335. The summed E-state index contributed by atoms with van der Waals surface area (Å²) in [5.74, 6) is 0. The Morgan fingerprint density at radius 3 is 2.12 bits per heavy atom. The molecule has 0 N–H and O–H groups in total. The summed E-state index contributed by atoms with van der Waals surface area (Å²) in [6, 6.07) is 0. The molecule has 1 aliphatic carbocycles. The van der Waals surface area contributed by atoms with Gasteiger partial charge in [-0.2, -0.15) is 0 Å². The van der Waals surface area contributed by atoms with Crippen LogP contribution in [0.1, 0.15) is 32.1 Å². The van der Waals surface area contributed by atoms with E-state index < -0.39 is 0 Å². The van der Waals surface area contributed by atoms with Crippen molar-refractivity contribution in [3.63, 3.8) is 0 Å². The number of epoxide rings is 1. The van der Waals surface area contributed by atoms with E-state index in [1.165, 1.54) is 32.1 Å². The van der Waals surface area contributed by atoms with Gasteiger partial charge in [0.2, 0.25) is 0 Å². The van der Waals surface area contributed by atoms with E-state index >= 15 is 0 Å². The van der Waals surface area contributed by atoms with Crippen LogP contribution in [0.3, 0.4) is 0 Å². The minimum absolute atomic E-state index is 0.692. The number of hydrogen-bond acceptors (Lipinski definition) is 1. The largest absolute Gasteiger partial charge is 0.370 e. The van der Waals surface area contributed by atoms with Crippen LogP contribution in [0.4, 0.5) is 0 Å². The molecule has 1 heteroatoms. The monoisotopic (exact) mass is 112 g/mol. The van der Waals surface area contributed by atoms with Crippen LogP contribution in [-0.2, 0) is 4.74 Å². The molecule has 0 unspecified atom stereocenters. The standard InChI is InChI=1S/C7H12O/c1-2-4-6-7(8-6)5-3-1/h6-7H,1-5H2/t6-,7-/m1/s1. The van der Waals surface area contributed by atoms with Gasteiger partial charge in [0, 0.05) is 0 Å². The summed E-state index contributed by atoms with van der Waals surface area (Å²) in [6.07, 6.45) is 8.31. The van der Waals surface area contributed by atoms with Gasteiger partial charge in [-0.25, -0.2) is 0 Å². The zero-order valence-corrected chi connectivity index (χ0v) is 5.10. The van der Waals surface area contributed by atoms with Crippen molar-refractivity contribution < 1.29 is 4.74 Å². The highest BCUT2D eigenvalue weighted by Crippen LogP contribution is 2.34. The molecule has 0 bridgehead atoms. The molecule has 8 heavy (non-hydrogen) atoms. The molecule has 2 rings (SSSR count). The van der Waals surface area contributed by atoms with Gasteiger partial charge in [-0.05, 0) is 12.8 Å². The summed E-state index contributed by atoms with van der Waals surface area (Å²) in [4.78, 5) is 0. The van der Waals surface area contributed by atoms with E-state index in [-0.39, 0.29) is 0 Å². The zero-order chi connectivity index (χ0) is 5.40. The van der Waals surface area contributed by atoms with Gasteiger partial charge in [-0.15, -0.1) is 0 Å². The highest BCUT2D eigenvalue weighted by molar-refractivity contribution is 4.86. The first-order chi connectivity index (χ1) is 3.97. The molecule has 0 aromatic heterocycles. The van der Waals surface area contributed by atoms with E-state index in [0.29, 0.717) is 12.2 Å². The Bertz CT molecular complexity index is 80.4. The van der Waals surface area contributed by atoms with Gasteiger partial charge in [-0.1, -0.05) is 19.3 Å². The third-order valence-electron chi connectivity index (χ3n) is 2.16. The molecule has 2 fully saturated rings. The van der Waals surface area contributed by atoms with Crippen molar-refractivity contribution in [2.75, 3.05) is 0 Å². The van der Waals surface area contributed by atoms with Gasteiger partial charge in [0.15, 0.2) is 0 Å². The fourth-order valence-corrected chi connectivity index (χ4v) is 1.55. The van der Waals surface area contributed by atoms with Crippen LogP contribution in [0.5, 0.6) is 0 Å². The summed E-state index contributed by atoms with van der Waals surface area (Å²) < 4.78 is 5.36. The lowest BCUT2D eigenvalue weighted by Crippen LogP contribution is -1.87. The van der Waals surface area contributed by atoms with E-state index in [4.69, 9.17) is 4.74 Å². The summed E-state index contributed by atoms with van der Waals surface area (Å²) in [6.45, 7) is 0. The van der Waals surface area contributed by atoms with E-state index in [2.05, 4.69) is 0 Å². The normalized spacial score (nSPS) is 45.0. The first-order valence-corrected chi connectivity index (χ1v) is 3.62. The summed E-state index contributed by atoms with van der Waals surface area (Å²) in [5.41, 5.74) is 0. The van der Waals surface area contributed by atoms with Crippen LogP contribution in [0.15, 0.2) is 0 Å². The second-order valence-electron chi connectivity index (χ2n) is 2.85. The maximum Gasteiger partial charge on any atom is 0.0841 e. The number of hydrogen-bond donors (Lipinski definition) is 0. The predicted molar refractivity (Wildman–Crippen MR) is 31.7 cm³/mol. The third-order valence-corrected chi connectivity index (χ3v) is 2.16. The van der Waals surface area contributed by atoms with E-state index in [1.807, 2.05) is 0 Å². The van der Waals surface area contributed by atoms with Gasteiger partial charge in [-0.3, -0.25) is 0 Å². The molecule has 2 atom stereocenters. The quantitative estimate of drug-likeness (QED) is 0.435. The lowest BCUT2D eigenvalue weighted by Gasteiger charge is -1.90. The molecule has 0 amide bonds. The first-order valence-electron chi connectivity index (χ1n) is 3.62. The molecular weight excluding hydrogens is 100 g/mol. The van der Waals surface area contributed by atoms with Gasteiger partial charge < -0.3 is 4.74 Å². The van der Waals surface area contributed by atoms with Crippen LogP contribution < -0.4 is 0 Å². The minimum atomic E-state index is 0.692. The molecule has 2 aliphatic rings. The third kappa shape index (κ3) is 0.752. The Balaban J connectivity index is 1.89. The van der Waals surface area contributed by atoms with Crippen molar-refractivity contribution in [2.24, 2.45) is 0 Å². The van der Waals surface area contributed by atoms with Crippen molar-refractivity contribution >= 4 is 0 Å². The molecular formula is C7H12O. The second-order valence-corrected chi connectivity index (χ2v) is 2.85. The fourth-order valence-electron chi connectivity index (χ4n) is 1.55. The van der Waals surface area contributed by atoms with Crippen LogP contribution >= 0.6 is 0 Å². The van der Waals surface area contributed by atoms with E-state index in [1.54, 1.807) is 0 Å². The lowest BCUT2D eigenvalue weighted by atomic mass is 10.2. The smallest absolute Gasteiger partial charge is 0.0841 e. The summed E-state index contributed by atoms with van der Waals surface area (Å²) in [5, 5.41) is 0. The van der Waals surface area contributed by atoms with Crippen molar-refractivity contribution in [3.8, 4) is 0 Å². The molecule has 1 nitrogen and oxygen atoms in total. The molecule has 0 aromatic rings. The average molecular weight is 112 g/mol. The van der Waals surface area contributed by atoms with Crippen LogP contribution in [-0.4, -0.2) is 12.2 Å². The maximum absolute atomic E-state index is 5.36. The predicted octanol–water partition coefficient (Wildman–Crippen LogP) is 1.72. The Morgan fingerprint density at radius 2 is 1.50 bits per heavy atom. The summed E-state index contributed by atoms with van der Waals surface area (Å²) >= 11 is 0. The van der Waals surface area contributed by atoms with Crippen LogP contribution in [0.25, 0.3) is 0 Å². The molecule has 1 saturated heterocycles. The second kappa shape index (κ2) is 1.73. The van der Waals surface area contributed by atoms with Crippen molar-refractivity contribution in [3.05, 3.63) is 0 Å². The van der Waals surface area contributed by atoms with Crippen molar-refractivity contribution in [1.82, 2.24) is 0 Å². The van der Waals surface area contributed by atoms with Gasteiger partial charge >= 0.3 is 0 Å². The van der Waals surface area contributed by atoms with Gasteiger partial charge in [0.05, 0.1) is 12.2 Å². The fraction of sp³-hybridized carbons (Fsp3) is 1.00. The first kappa shape index (κ1) is 4.80. The van der Waals surface area contributed by atoms with E-state index in [9.17, 15) is 0 Å². The van der Waals surface area contributed by atoms with Crippen LogP contribution in [0.2, 0.25) is 0 Å². The van der Waals surface area contributed by atoms with Crippen LogP contribution in [0, 0.1) is 0 Å². The Labute approximate surface area is 50.0 Å². The van der Waals surface area contributed by atoms with Crippen molar-refractivity contribution in [1.29, 1.82) is 0 Å². The van der Waals surface area contributed by atoms with E-state index in [0.717, 1.165) is 0 Å². The maximum atomic E-state index is 5.36. The Kier molecular flexibility index (Phi) is 1.04. The highest BCUT2D eigenvalue weighted by Gasteiger charge is 2.38. The highest BCUT2D eigenvalue weighted by atomic mass is 16.6. The molecule has 0 aromatic carbocycles.